The lowest BCUT2D eigenvalue weighted by atomic mass is 9.97. The molecule has 0 bridgehead atoms. The summed E-state index contributed by atoms with van der Waals surface area (Å²) in [6.07, 6.45) is 2.06. The first-order chi connectivity index (χ1) is 9.81. The average molecular weight is 276 g/mol. The fraction of sp³-hybridized carbons (Fsp3) is 0.533. The van der Waals surface area contributed by atoms with Crippen LogP contribution in [0.3, 0.4) is 0 Å². The molecule has 20 heavy (non-hydrogen) atoms. The Kier molecular flexibility index (Phi) is 4.00. The van der Waals surface area contributed by atoms with Gasteiger partial charge in [0.2, 0.25) is 0 Å². The lowest BCUT2D eigenvalue weighted by Crippen LogP contribution is -2.45. The van der Waals surface area contributed by atoms with Crippen LogP contribution in [0.15, 0.2) is 28.7 Å². The zero-order chi connectivity index (χ0) is 13.9. The van der Waals surface area contributed by atoms with Crippen molar-refractivity contribution in [2.75, 3.05) is 26.3 Å². The van der Waals surface area contributed by atoms with Crippen LogP contribution in [0, 0.1) is 0 Å². The summed E-state index contributed by atoms with van der Waals surface area (Å²) in [6.45, 7) is 1.65. The van der Waals surface area contributed by atoms with Crippen molar-refractivity contribution in [2.45, 2.75) is 24.8 Å². The second-order valence-corrected chi connectivity index (χ2v) is 5.37. The Balaban J connectivity index is 1.79. The van der Waals surface area contributed by atoms with Crippen LogP contribution in [0.25, 0.3) is 11.1 Å². The van der Waals surface area contributed by atoms with E-state index in [4.69, 9.17) is 4.42 Å². The van der Waals surface area contributed by atoms with Crippen LogP contribution in [0.4, 0.5) is 0 Å². The molecule has 2 N–H and O–H groups in total. The molecule has 1 saturated heterocycles. The summed E-state index contributed by atoms with van der Waals surface area (Å²) in [5, 5.41) is 18.6. The highest BCUT2D eigenvalue weighted by molar-refractivity contribution is 5.72. The van der Waals surface area contributed by atoms with Crippen molar-refractivity contribution in [2.24, 2.45) is 0 Å². The van der Waals surface area contributed by atoms with Crippen molar-refractivity contribution in [1.29, 1.82) is 0 Å². The maximum Gasteiger partial charge on any atom is 0.199 e. The van der Waals surface area contributed by atoms with Crippen LogP contribution in [-0.4, -0.2) is 52.4 Å². The number of aliphatic hydroxyl groups is 2. The van der Waals surface area contributed by atoms with Gasteiger partial charge in [0.05, 0.1) is 19.3 Å². The number of aromatic nitrogens is 1. The molecule has 1 aliphatic heterocycles. The largest absolute Gasteiger partial charge is 0.440 e. The van der Waals surface area contributed by atoms with Crippen LogP contribution < -0.4 is 0 Å². The topological polar surface area (TPSA) is 69.7 Å². The van der Waals surface area contributed by atoms with Crippen LogP contribution in [0.5, 0.6) is 0 Å². The number of rotatable bonds is 4. The SMILES string of the molecule is OCC(CO)N1CCCC(c2nc3ccccc3o2)C1. The Hall–Kier alpha value is -1.43. The Morgan fingerprint density at radius 3 is 2.85 bits per heavy atom. The third kappa shape index (κ3) is 2.57. The van der Waals surface area contributed by atoms with E-state index in [9.17, 15) is 10.2 Å². The van der Waals surface area contributed by atoms with Crippen LogP contribution in [-0.2, 0) is 0 Å². The molecule has 0 spiro atoms. The quantitative estimate of drug-likeness (QED) is 0.882. The van der Waals surface area contributed by atoms with Gasteiger partial charge < -0.3 is 14.6 Å². The van der Waals surface area contributed by atoms with Gasteiger partial charge in [-0.05, 0) is 31.5 Å². The van der Waals surface area contributed by atoms with Crippen molar-refractivity contribution in [3.05, 3.63) is 30.2 Å². The minimum atomic E-state index is -0.179. The van der Waals surface area contributed by atoms with Gasteiger partial charge in [0.15, 0.2) is 11.5 Å². The molecule has 0 saturated carbocycles. The lowest BCUT2D eigenvalue weighted by molar-refractivity contribution is 0.0521. The zero-order valence-corrected chi connectivity index (χ0v) is 11.4. The highest BCUT2D eigenvalue weighted by Crippen LogP contribution is 2.29. The van der Waals surface area contributed by atoms with Gasteiger partial charge in [0, 0.05) is 12.5 Å². The monoisotopic (exact) mass is 276 g/mol. The van der Waals surface area contributed by atoms with Gasteiger partial charge in [-0.2, -0.15) is 0 Å². The van der Waals surface area contributed by atoms with Crippen molar-refractivity contribution in [3.8, 4) is 0 Å². The van der Waals surface area contributed by atoms with E-state index in [2.05, 4.69) is 9.88 Å². The fourth-order valence-corrected chi connectivity index (χ4v) is 2.89. The van der Waals surface area contributed by atoms with Gasteiger partial charge in [-0.15, -0.1) is 0 Å². The predicted octanol–water partition coefficient (Wildman–Crippen LogP) is 1.36. The maximum absolute atomic E-state index is 9.31. The van der Waals surface area contributed by atoms with Crippen molar-refractivity contribution < 1.29 is 14.6 Å². The molecule has 1 atom stereocenters. The second-order valence-electron chi connectivity index (χ2n) is 5.37. The minimum absolute atomic E-state index is 0.0171. The van der Waals surface area contributed by atoms with Crippen LogP contribution in [0.1, 0.15) is 24.7 Å². The number of para-hydroxylation sites is 2. The number of piperidine rings is 1. The molecule has 1 unspecified atom stereocenters. The molecular weight excluding hydrogens is 256 g/mol. The molecule has 1 aromatic carbocycles. The van der Waals surface area contributed by atoms with E-state index in [0.29, 0.717) is 0 Å². The number of fused-ring (bicyclic) bond motifs is 1. The van der Waals surface area contributed by atoms with Gasteiger partial charge in [-0.25, -0.2) is 4.98 Å². The third-order valence-electron chi connectivity index (χ3n) is 4.05. The normalized spacial score (nSPS) is 20.9. The Labute approximate surface area is 117 Å². The van der Waals surface area contributed by atoms with E-state index in [1.54, 1.807) is 0 Å². The summed E-state index contributed by atoms with van der Waals surface area (Å²) in [7, 11) is 0. The molecule has 0 amide bonds. The fourth-order valence-electron chi connectivity index (χ4n) is 2.89. The average Bonchev–Trinajstić information content (AvgIpc) is 2.93. The van der Waals surface area contributed by atoms with E-state index in [0.717, 1.165) is 42.9 Å². The minimum Gasteiger partial charge on any atom is -0.440 e. The van der Waals surface area contributed by atoms with Crippen molar-refractivity contribution in [3.63, 3.8) is 0 Å². The highest BCUT2D eigenvalue weighted by Gasteiger charge is 2.28. The molecule has 1 aromatic heterocycles. The molecule has 2 heterocycles. The lowest BCUT2D eigenvalue weighted by Gasteiger charge is -2.35. The number of oxazole rings is 1. The van der Waals surface area contributed by atoms with E-state index in [1.807, 2.05) is 24.3 Å². The molecule has 0 radical (unpaired) electrons. The number of hydrogen-bond donors (Lipinski definition) is 2. The Bertz CT molecular complexity index is 532. The molecule has 108 valence electrons. The summed E-state index contributed by atoms with van der Waals surface area (Å²) < 4.78 is 5.84. The summed E-state index contributed by atoms with van der Waals surface area (Å²) in [5.74, 6) is 1.00. The molecule has 5 nitrogen and oxygen atoms in total. The van der Waals surface area contributed by atoms with E-state index in [1.165, 1.54) is 0 Å². The van der Waals surface area contributed by atoms with Crippen LogP contribution >= 0.6 is 0 Å². The van der Waals surface area contributed by atoms with Gasteiger partial charge in [-0.1, -0.05) is 12.1 Å². The zero-order valence-electron chi connectivity index (χ0n) is 11.4. The van der Waals surface area contributed by atoms with Gasteiger partial charge >= 0.3 is 0 Å². The molecular formula is C15H20N2O3. The molecule has 2 aromatic rings. The number of benzene rings is 1. The summed E-state index contributed by atoms with van der Waals surface area (Å²) in [5.41, 5.74) is 1.71. The predicted molar refractivity (Wildman–Crippen MR) is 75.5 cm³/mol. The highest BCUT2D eigenvalue weighted by atomic mass is 16.3. The van der Waals surface area contributed by atoms with Crippen molar-refractivity contribution in [1.82, 2.24) is 9.88 Å². The summed E-state index contributed by atoms with van der Waals surface area (Å²) >= 11 is 0. The molecule has 0 aliphatic carbocycles. The molecule has 5 heteroatoms. The first-order valence-corrected chi connectivity index (χ1v) is 7.13. The molecule has 1 aliphatic rings. The van der Waals surface area contributed by atoms with E-state index >= 15 is 0 Å². The standard InChI is InChI=1S/C15H20N2O3/c18-9-12(10-19)17-7-3-4-11(8-17)15-16-13-5-1-2-6-14(13)20-15/h1-2,5-6,11-12,18-19H,3-4,7-10H2. The summed E-state index contributed by atoms with van der Waals surface area (Å²) in [6, 6.07) is 7.60. The van der Waals surface area contributed by atoms with Crippen molar-refractivity contribution >= 4 is 11.1 Å². The number of aliphatic hydroxyl groups excluding tert-OH is 2. The Morgan fingerprint density at radius 1 is 1.30 bits per heavy atom. The first kappa shape index (κ1) is 13.5. The molecule has 3 rings (SSSR count). The van der Waals surface area contributed by atoms with Gasteiger partial charge in [0.25, 0.3) is 0 Å². The molecule has 1 fully saturated rings. The summed E-state index contributed by atoms with van der Waals surface area (Å²) in [4.78, 5) is 6.69. The maximum atomic E-state index is 9.31. The first-order valence-electron chi connectivity index (χ1n) is 7.13. The van der Waals surface area contributed by atoms with E-state index in [-0.39, 0.29) is 25.2 Å². The Morgan fingerprint density at radius 2 is 2.10 bits per heavy atom. The smallest absolute Gasteiger partial charge is 0.199 e. The van der Waals surface area contributed by atoms with Crippen LogP contribution in [0.2, 0.25) is 0 Å². The second kappa shape index (κ2) is 5.91. The van der Waals surface area contributed by atoms with E-state index < -0.39 is 0 Å². The van der Waals surface area contributed by atoms with Gasteiger partial charge in [0.1, 0.15) is 5.52 Å². The number of hydrogen-bond acceptors (Lipinski definition) is 5. The van der Waals surface area contributed by atoms with Gasteiger partial charge in [-0.3, -0.25) is 4.90 Å². The third-order valence-corrected chi connectivity index (χ3v) is 4.05. The number of likely N-dealkylation sites (tertiary alicyclic amines) is 1. The number of nitrogens with zero attached hydrogens (tertiary/aromatic N) is 2.